The van der Waals surface area contributed by atoms with Gasteiger partial charge in [0.2, 0.25) is 5.91 Å². The molecule has 0 radical (unpaired) electrons. The molecule has 0 saturated heterocycles. The van der Waals surface area contributed by atoms with Crippen molar-refractivity contribution in [2.24, 2.45) is 23.5 Å². The maximum atomic E-state index is 12.2. The summed E-state index contributed by atoms with van der Waals surface area (Å²) in [6.45, 7) is 6.73. The van der Waals surface area contributed by atoms with E-state index in [-0.39, 0.29) is 11.8 Å². The Kier molecular flexibility index (Phi) is 6.69. The summed E-state index contributed by atoms with van der Waals surface area (Å²) < 4.78 is 0. The number of hydrogen-bond donors (Lipinski definition) is 2. The van der Waals surface area contributed by atoms with Crippen LogP contribution in [0, 0.1) is 17.8 Å². The summed E-state index contributed by atoms with van der Waals surface area (Å²) in [5.41, 5.74) is 5.69. The van der Waals surface area contributed by atoms with Crippen LogP contribution in [-0.2, 0) is 4.79 Å². The van der Waals surface area contributed by atoms with Crippen LogP contribution in [0.1, 0.15) is 59.3 Å². The molecule has 0 spiro atoms. The van der Waals surface area contributed by atoms with Gasteiger partial charge in [0, 0.05) is 12.6 Å². The van der Waals surface area contributed by atoms with Crippen LogP contribution in [0.25, 0.3) is 0 Å². The van der Waals surface area contributed by atoms with E-state index in [1.807, 2.05) is 0 Å². The molecule has 3 nitrogen and oxygen atoms in total. The average Bonchev–Trinajstić information content (AvgIpc) is 2.57. The van der Waals surface area contributed by atoms with E-state index in [1.165, 1.54) is 38.5 Å². The Labute approximate surface area is 112 Å². The normalized spacial score (nSPS) is 21.4. The molecule has 1 fully saturated rings. The third-order valence-electron chi connectivity index (χ3n) is 4.37. The minimum absolute atomic E-state index is 0.0433. The Bertz CT molecular complexity index is 245. The molecule has 1 aliphatic carbocycles. The van der Waals surface area contributed by atoms with E-state index in [0.717, 1.165) is 0 Å². The van der Waals surface area contributed by atoms with Crippen molar-refractivity contribution < 1.29 is 4.79 Å². The Morgan fingerprint density at radius 2 is 1.72 bits per heavy atom. The number of nitrogens with one attached hydrogen (secondary N) is 1. The summed E-state index contributed by atoms with van der Waals surface area (Å²) in [6.07, 6.45) is 7.86. The van der Waals surface area contributed by atoms with Gasteiger partial charge in [-0.25, -0.2) is 0 Å². The predicted octanol–water partition coefficient (Wildman–Crippen LogP) is 2.69. The SMILES string of the molecule is CC(C)C(CN)C(=O)N[C@@H](C)C1CCCCCC1. The zero-order chi connectivity index (χ0) is 13.5. The van der Waals surface area contributed by atoms with E-state index in [4.69, 9.17) is 5.73 Å². The average molecular weight is 254 g/mol. The Balaban J connectivity index is 2.46. The van der Waals surface area contributed by atoms with Crippen LogP contribution in [0.4, 0.5) is 0 Å². The lowest BCUT2D eigenvalue weighted by molar-refractivity contribution is -0.127. The van der Waals surface area contributed by atoms with Crippen molar-refractivity contribution in [3.05, 3.63) is 0 Å². The lowest BCUT2D eigenvalue weighted by Crippen LogP contribution is -2.44. The first-order valence-electron chi connectivity index (χ1n) is 7.56. The molecule has 1 unspecified atom stereocenters. The van der Waals surface area contributed by atoms with Gasteiger partial charge in [0.1, 0.15) is 0 Å². The fourth-order valence-corrected chi connectivity index (χ4v) is 2.94. The van der Waals surface area contributed by atoms with Crippen LogP contribution in [0.2, 0.25) is 0 Å². The van der Waals surface area contributed by atoms with E-state index in [9.17, 15) is 4.79 Å². The van der Waals surface area contributed by atoms with Crippen LogP contribution in [0.5, 0.6) is 0 Å². The smallest absolute Gasteiger partial charge is 0.224 e. The van der Waals surface area contributed by atoms with Gasteiger partial charge >= 0.3 is 0 Å². The molecule has 1 rings (SSSR count). The molecule has 0 bridgehead atoms. The lowest BCUT2D eigenvalue weighted by atomic mass is 9.90. The molecule has 0 heterocycles. The van der Waals surface area contributed by atoms with Crippen molar-refractivity contribution >= 4 is 5.91 Å². The lowest BCUT2D eigenvalue weighted by Gasteiger charge is -2.27. The van der Waals surface area contributed by atoms with Gasteiger partial charge in [0.05, 0.1) is 5.92 Å². The minimum atomic E-state index is -0.0433. The van der Waals surface area contributed by atoms with Crippen LogP contribution in [-0.4, -0.2) is 18.5 Å². The second-order valence-corrected chi connectivity index (χ2v) is 6.14. The van der Waals surface area contributed by atoms with Crippen molar-refractivity contribution in [3.8, 4) is 0 Å². The summed E-state index contributed by atoms with van der Waals surface area (Å²) in [5, 5.41) is 3.19. The van der Waals surface area contributed by atoms with Gasteiger partial charge in [-0.05, 0) is 31.6 Å². The van der Waals surface area contributed by atoms with Crippen molar-refractivity contribution in [2.45, 2.75) is 65.3 Å². The summed E-state index contributed by atoms with van der Waals surface area (Å²) in [5.74, 6) is 1.07. The van der Waals surface area contributed by atoms with Gasteiger partial charge in [0.15, 0.2) is 0 Å². The minimum Gasteiger partial charge on any atom is -0.353 e. The van der Waals surface area contributed by atoms with E-state index < -0.39 is 0 Å². The molecule has 2 atom stereocenters. The maximum Gasteiger partial charge on any atom is 0.224 e. The molecule has 0 aliphatic heterocycles. The van der Waals surface area contributed by atoms with Gasteiger partial charge in [-0.15, -0.1) is 0 Å². The number of rotatable bonds is 5. The maximum absolute atomic E-state index is 12.2. The quantitative estimate of drug-likeness (QED) is 0.741. The summed E-state index contributed by atoms with van der Waals surface area (Å²) in [4.78, 5) is 12.2. The van der Waals surface area contributed by atoms with Gasteiger partial charge < -0.3 is 11.1 Å². The summed E-state index contributed by atoms with van der Waals surface area (Å²) >= 11 is 0. The molecule has 106 valence electrons. The molecule has 1 amide bonds. The van der Waals surface area contributed by atoms with Gasteiger partial charge in [0.25, 0.3) is 0 Å². The highest BCUT2D eigenvalue weighted by Gasteiger charge is 2.25. The second-order valence-electron chi connectivity index (χ2n) is 6.14. The highest BCUT2D eigenvalue weighted by molar-refractivity contribution is 5.79. The molecule has 1 aliphatic rings. The fraction of sp³-hybridized carbons (Fsp3) is 0.933. The fourth-order valence-electron chi connectivity index (χ4n) is 2.94. The number of amides is 1. The molecule has 3 heteroatoms. The number of hydrogen-bond acceptors (Lipinski definition) is 2. The van der Waals surface area contributed by atoms with Crippen molar-refractivity contribution in [1.82, 2.24) is 5.32 Å². The third-order valence-corrected chi connectivity index (χ3v) is 4.37. The first kappa shape index (κ1) is 15.5. The van der Waals surface area contributed by atoms with Crippen molar-refractivity contribution in [3.63, 3.8) is 0 Å². The Morgan fingerprint density at radius 1 is 1.17 bits per heavy atom. The first-order valence-corrected chi connectivity index (χ1v) is 7.56. The first-order chi connectivity index (χ1) is 8.56. The molecule has 0 aromatic rings. The predicted molar refractivity (Wildman–Crippen MR) is 76.2 cm³/mol. The standard InChI is InChI=1S/C15H30N2O/c1-11(2)14(10-16)15(18)17-12(3)13-8-6-4-5-7-9-13/h11-14H,4-10,16H2,1-3H3,(H,17,18)/t12-,14?/m0/s1. The van der Waals surface area contributed by atoms with Gasteiger partial charge in [-0.3, -0.25) is 4.79 Å². The third kappa shape index (κ3) is 4.60. The summed E-state index contributed by atoms with van der Waals surface area (Å²) in [6, 6.07) is 0.295. The monoisotopic (exact) mass is 254 g/mol. The van der Waals surface area contributed by atoms with Crippen LogP contribution in [0.15, 0.2) is 0 Å². The molecule has 3 N–H and O–H groups in total. The Morgan fingerprint density at radius 3 is 2.17 bits per heavy atom. The molecular formula is C15H30N2O. The van der Waals surface area contributed by atoms with Crippen molar-refractivity contribution in [2.75, 3.05) is 6.54 Å². The van der Waals surface area contributed by atoms with Gasteiger partial charge in [-0.1, -0.05) is 39.5 Å². The van der Waals surface area contributed by atoms with E-state index in [0.29, 0.717) is 24.4 Å². The largest absolute Gasteiger partial charge is 0.353 e. The Hall–Kier alpha value is -0.570. The van der Waals surface area contributed by atoms with Crippen molar-refractivity contribution in [1.29, 1.82) is 0 Å². The number of carbonyl (C=O) groups excluding carboxylic acids is 1. The van der Waals surface area contributed by atoms with Gasteiger partial charge in [-0.2, -0.15) is 0 Å². The van der Waals surface area contributed by atoms with Crippen LogP contribution in [0.3, 0.4) is 0 Å². The highest BCUT2D eigenvalue weighted by atomic mass is 16.2. The summed E-state index contributed by atoms with van der Waals surface area (Å²) in [7, 11) is 0. The van der Waals surface area contributed by atoms with Crippen LogP contribution < -0.4 is 11.1 Å². The highest BCUT2D eigenvalue weighted by Crippen LogP contribution is 2.25. The zero-order valence-electron chi connectivity index (χ0n) is 12.2. The molecule has 0 aromatic carbocycles. The molecular weight excluding hydrogens is 224 g/mol. The van der Waals surface area contributed by atoms with E-state index >= 15 is 0 Å². The molecule has 18 heavy (non-hydrogen) atoms. The number of carbonyl (C=O) groups is 1. The topological polar surface area (TPSA) is 55.1 Å². The van der Waals surface area contributed by atoms with E-state index in [1.54, 1.807) is 0 Å². The molecule has 0 aromatic heterocycles. The van der Waals surface area contributed by atoms with Crippen LogP contribution >= 0.6 is 0 Å². The number of nitrogens with two attached hydrogens (primary N) is 1. The second kappa shape index (κ2) is 7.78. The van der Waals surface area contributed by atoms with E-state index in [2.05, 4.69) is 26.1 Å². The molecule has 1 saturated carbocycles. The zero-order valence-corrected chi connectivity index (χ0v) is 12.2.